The van der Waals surface area contributed by atoms with E-state index < -0.39 is 0 Å². The molecule has 0 radical (unpaired) electrons. The molecule has 2 aromatic rings. The van der Waals surface area contributed by atoms with E-state index in [0.717, 1.165) is 29.2 Å². The van der Waals surface area contributed by atoms with Crippen molar-refractivity contribution in [1.82, 2.24) is 5.32 Å². The molecule has 0 aliphatic rings. The van der Waals surface area contributed by atoms with Crippen LogP contribution in [0.15, 0.2) is 34.9 Å². The zero-order valence-corrected chi connectivity index (χ0v) is 12.7. The average Bonchev–Trinajstić information content (AvgIpc) is 2.83. The van der Waals surface area contributed by atoms with Gasteiger partial charge in [-0.05, 0) is 31.5 Å². The smallest absolute Gasteiger partial charge is 0.124 e. The van der Waals surface area contributed by atoms with Crippen LogP contribution in [0, 0.1) is 13.8 Å². The van der Waals surface area contributed by atoms with Gasteiger partial charge in [-0.1, -0.05) is 31.5 Å². The van der Waals surface area contributed by atoms with Crippen molar-refractivity contribution in [3.63, 3.8) is 0 Å². The SMILES string of the molecule is Cc1ccc(OCc2ccoc2CNC(C)C)c(C)c1. The monoisotopic (exact) mass is 273 g/mol. The van der Waals surface area contributed by atoms with Crippen LogP contribution in [-0.2, 0) is 13.2 Å². The molecule has 0 atom stereocenters. The van der Waals surface area contributed by atoms with E-state index in [1.807, 2.05) is 12.1 Å². The van der Waals surface area contributed by atoms with Gasteiger partial charge < -0.3 is 14.5 Å². The predicted molar refractivity (Wildman–Crippen MR) is 80.9 cm³/mol. The molecule has 1 aromatic heterocycles. The van der Waals surface area contributed by atoms with E-state index >= 15 is 0 Å². The van der Waals surface area contributed by atoms with Crippen LogP contribution in [0.1, 0.15) is 36.3 Å². The molecule has 1 aromatic carbocycles. The molecule has 0 aliphatic carbocycles. The summed E-state index contributed by atoms with van der Waals surface area (Å²) < 4.78 is 11.4. The Hall–Kier alpha value is -1.74. The summed E-state index contributed by atoms with van der Waals surface area (Å²) in [6, 6.07) is 8.64. The lowest BCUT2D eigenvalue weighted by atomic mass is 10.1. The largest absolute Gasteiger partial charge is 0.489 e. The number of rotatable bonds is 6. The highest BCUT2D eigenvalue weighted by molar-refractivity contribution is 5.35. The van der Waals surface area contributed by atoms with Gasteiger partial charge in [-0.3, -0.25) is 0 Å². The maximum atomic E-state index is 5.90. The van der Waals surface area contributed by atoms with Gasteiger partial charge >= 0.3 is 0 Å². The molecule has 0 bridgehead atoms. The van der Waals surface area contributed by atoms with Crippen molar-refractivity contribution < 1.29 is 9.15 Å². The quantitative estimate of drug-likeness (QED) is 0.864. The Labute approximate surface area is 121 Å². The summed E-state index contributed by atoms with van der Waals surface area (Å²) in [6.07, 6.45) is 1.72. The third-order valence-electron chi connectivity index (χ3n) is 3.22. The molecular weight excluding hydrogens is 250 g/mol. The van der Waals surface area contributed by atoms with Crippen molar-refractivity contribution in [2.45, 2.75) is 46.9 Å². The maximum absolute atomic E-state index is 5.90. The van der Waals surface area contributed by atoms with Crippen molar-refractivity contribution in [2.24, 2.45) is 0 Å². The number of hydrogen-bond acceptors (Lipinski definition) is 3. The Morgan fingerprint density at radius 3 is 2.70 bits per heavy atom. The first-order chi connectivity index (χ1) is 9.56. The second-order valence-electron chi connectivity index (χ2n) is 5.46. The lowest BCUT2D eigenvalue weighted by Crippen LogP contribution is -2.22. The van der Waals surface area contributed by atoms with Crippen molar-refractivity contribution in [3.8, 4) is 5.75 Å². The van der Waals surface area contributed by atoms with Crippen molar-refractivity contribution in [2.75, 3.05) is 0 Å². The van der Waals surface area contributed by atoms with E-state index in [2.05, 4.69) is 45.1 Å². The zero-order valence-electron chi connectivity index (χ0n) is 12.7. The molecule has 0 fully saturated rings. The first kappa shape index (κ1) is 14.7. The molecule has 108 valence electrons. The number of furan rings is 1. The lowest BCUT2D eigenvalue weighted by Gasteiger charge is -2.11. The standard InChI is InChI=1S/C17H23NO2/c1-12(2)18-10-17-15(7-8-19-17)11-20-16-6-5-13(3)9-14(16)4/h5-9,12,18H,10-11H2,1-4H3. The van der Waals surface area contributed by atoms with E-state index in [0.29, 0.717) is 12.6 Å². The van der Waals surface area contributed by atoms with Gasteiger partial charge in [0.25, 0.3) is 0 Å². The molecule has 0 unspecified atom stereocenters. The molecule has 1 heterocycles. The minimum atomic E-state index is 0.438. The van der Waals surface area contributed by atoms with Crippen molar-refractivity contribution in [1.29, 1.82) is 0 Å². The summed E-state index contributed by atoms with van der Waals surface area (Å²) in [6.45, 7) is 9.66. The Kier molecular flexibility index (Phi) is 4.85. The maximum Gasteiger partial charge on any atom is 0.124 e. The second-order valence-corrected chi connectivity index (χ2v) is 5.46. The van der Waals surface area contributed by atoms with E-state index in [-0.39, 0.29) is 0 Å². The third-order valence-corrected chi connectivity index (χ3v) is 3.22. The van der Waals surface area contributed by atoms with Crippen LogP contribution in [0.25, 0.3) is 0 Å². The van der Waals surface area contributed by atoms with Crippen molar-refractivity contribution >= 4 is 0 Å². The fraction of sp³-hybridized carbons (Fsp3) is 0.412. The van der Waals surface area contributed by atoms with Crippen LogP contribution in [0.5, 0.6) is 5.75 Å². The van der Waals surface area contributed by atoms with Gasteiger partial charge in [0.05, 0.1) is 12.8 Å². The second kappa shape index (κ2) is 6.62. The molecule has 20 heavy (non-hydrogen) atoms. The predicted octanol–water partition coefficient (Wildman–Crippen LogP) is 3.97. The van der Waals surface area contributed by atoms with E-state index in [4.69, 9.17) is 9.15 Å². The summed E-state index contributed by atoms with van der Waals surface area (Å²) in [5.74, 6) is 1.88. The van der Waals surface area contributed by atoms with E-state index in [1.54, 1.807) is 6.26 Å². The topological polar surface area (TPSA) is 34.4 Å². The number of nitrogens with one attached hydrogen (secondary N) is 1. The Bertz CT molecular complexity index is 558. The molecule has 0 aliphatic heterocycles. The fourth-order valence-corrected chi connectivity index (χ4v) is 2.06. The van der Waals surface area contributed by atoms with Crippen LogP contribution in [0.3, 0.4) is 0 Å². The van der Waals surface area contributed by atoms with E-state index in [9.17, 15) is 0 Å². The summed E-state index contributed by atoms with van der Waals surface area (Å²) in [5, 5.41) is 3.36. The Morgan fingerprint density at radius 1 is 1.20 bits per heavy atom. The summed E-state index contributed by atoms with van der Waals surface area (Å²) in [5.41, 5.74) is 3.51. The Morgan fingerprint density at radius 2 is 2.00 bits per heavy atom. The molecule has 0 saturated carbocycles. The molecule has 3 heteroatoms. The highest BCUT2D eigenvalue weighted by Gasteiger charge is 2.08. The number of benzene rings is 1. The molecule has 1 N–H and O–H groups in total. The highest BCUT2D eigenvalue weighted by Crippen LogP contribution is 2.21. The van der Waals surface area contributed by atoms with Crippen LogP contribution in [0.2, 0.25) is 0 Å². The molecule has 0 saturated heterocycles. The van der Waals surface area contributed by atoms with Gasteiger partial charge in [0, 0.05) is 11.6 Å². The van der Waals surface area contributed by atoms with Crippen LogP contribution < -0.4 is 10.1 Å². The molecule has 0 spiro atoms. The molecule has 0 amide bonds. The number of hydrogen-bond donors (Lipinski definition) is 1. The Balaban J connectivity index is 1.98. The fourth-order valence-electron chi connectivity index (χ4n) is 2.06. The van der Waals surface area contributed by atoms with Gasteiger partial charge in [-0.25, -0.2) is 0 Å². The summed E-state index contributed by atoms with van der Waals surface area (Å²) >= 11 is 0. The molecule has 2 rings (SSSR count). The minimum Gasteiger partial charge on any atom is -0.489 e. The average molecular weight is 273 g/mol. The van der Waals surface area contributed by atoms with Gasteiger partial charge in [0.15, 0.2) is 0 Å². The van der Waals surface area contributed by atoms with Crippen LogP contribution >= 0.6 is 0 Å². The first-order valence-corrected chi connectivity index (χ1v) is 7.05. The minimum absolute atomic E-state index is 0.438. The summed E-state index contributed by atoms with van der Waals surface area (Å²) in [4.78, 5) is 0. The summed E-state index contributed by atoms with van der Waals surface area (Å²) in [7, 11) is 0. The molecular formula is C17H23NO2. The first-order valence-electron chi connectivity index (χ1n) is 7.05. The molecule has 3 nitrogen and oxygen atoms in total. The van der Waals surface area contributed by atoms with Gasteiger partial charge in [-0.2, -0.15) is 0 Å². The highest BCUT2D eigenvalue weighted by atomic mass is 16.5. The van der Waals surface area contributed by atoms with Gasteiger partial charge in [0.1, 0.15) is 18.1 Å². The van der Waals surface area contributed by atoms with Crippen LogP contribution in [-0.4, -0.2) is 6.04 Å². The zero-order chi connectivity index (χ0) is 14.5. The number of aryl methyl sites for hydroxylation is 2. The van der Waals surface area contributed by atoms with E-state index in [1.165, 1.54) is 5.56 Å². The van der Waals surface area contributed by atoms with Crippen molar-refractivity contribution in [3.05, 3.63) is 53.0 Å². The normalized spacial score (nSPS) is 11.1. The van der Waals surface area contributed by atoms with Gasteiger partial charge in [-0.15, -0.1) is 0 Å². The lowest BCUT2D eigenvalue weighted by molar-refractivity contribution is 0.299. The third kappa shape index (κ3) is 3.87. The van der Waals surface area contributed by atoms with Gasteiger partial charge in [0.2, 0.25) is 0 Å². The number of ether oxygens (including phenoxy) is 1. The van der Waals surface area contributed by atoms with Crippen LogP contribution in [0.4, 0.5) is 0 Å².